The predicted molar refractivity (Wildman–Crippen MR) is 67.5 cm³/mol. The Morgan fingerprint density at radius 1 is 1.53 bits per heavy atom. The highest BCUT2D eigenvalue weighted by molar-refractivity contribution is 7.91. The van der Waals surface area contributed by atoms with E-state index in [-0.39, 0.29) is 0 Å². The molecule has 0 radical (unpaired) electrons. The maximum Gasteiger partial charge on any atom is 0.252 e. The van der Waals surface area contributed by atoms with Crippen LogP contribution in [0, 0.1) is 0 Å². The first-order valence-corrected chi connectivity index (χ1v) is 7.61. The maximum atomic E-state index is 12.3. The number of rotatable bonds is 2. The zero-order chi connectivity index (χ0) is 12.7. The van der Waals surface area contributed by atoms with Gasteiger partial charge in [-0.1, -0.05) is 0 Å². The van der Waals surface area contributed by atoms with Crippen molar-refractivity contribution in [3.8, 4) is 0 Å². The van der Waals surface area contributed by atoms with Crippen LogP contribution in [0.15, 0.2) is 15.7 Å². The molecule has 0 atom stereocenters. The van der Waals surface area contributed by atoms with Crippen LogP contribution in [0.25, 0.3) is 0 Å². The second kappa shape index (κ2) is 4.24. The fourth-order valence-corrected chi connectivity index (χ4v) is 4.58. The van der Waals surface area contributed by atoms with Crippen LogP contribution < -0.4 is 5.73 Å². The van der Waals surface area contributed by atoms with Crippen molar-refractivity contribution in [2.75, 3.05) is 25.4 Å². The van der Waals surface area contributed by atoms with Crippen LogP contribution in [0.2, 0.25) is 0 Å². The first kappa shape index (κ1) is 12.8. The summed E-state index contributed by atoms with van der Waals surface area (Å²) in [7, 11) is -3.42. The first-order valence-electron chi connectivity index (χ1n) is 5.29. The van der Waals surface area contributed by atoms with Crippen molar-refractivity contribution in [1.29, 1.82) is 0 Å². The molecule has 2 N–H and O–H groups in total. The lowest BCUT2D eigenvalue weighted by atomic mass is 10.1. The average Bonchev–Trinajstić information content (AvgIpc) is 2.64. The van der Waals surface area contributed by atoms with Crippen molar-refractivity contribution in [2.45, 2.75) is 23.7 Å². The summed E-state index contributed by atoms with van der Waals surface area (Å²) >= 11 is 1.15. The highest BCUT2D eigenvalue weighted by Crippen LogP contribution is 2.28. The molecule has 0 unspecified atom stereocenters. The second-order valence-corrected chi connectivity index (χ2v) is 7.72. The number of thiophene rings is 1. The fraction of sp³-hybridized carbons (Fsp3) is 0.600. The summed E-state index contributed by atoms with van der Waals surface area (Å²) in [6.45, 7) is 4.96. The van der Waals surface area contributed by atoms with Gasteiger partial charge >= 0.3 is 0 Å². The number of anilines is 1. The first-order chi connectivity index (χ1) is 7.81. The predicted octanol–water partition coefficient (Wildman–Crippen LogP) is 1.13. The van der Waals surface area contributed by atoms with Gasteiger partial charge in [-0.15, -0.1) is 11.3 Å². The van der Waals surface area contributed by atoms with E-state index in [0.29, 0.717) is 29.6 Å². The molecule has 0 amide bonds. The molecule has 96 valence electrons. The van der Waals surface area contributed by atoms with E-state index in [1.165, 1.54) is 10.4 Å². The molecule has 2 rings (SSSR count). The summed E-state index contributed by atoms with van der Waals surface area (Å²) in [4.78, 5) is 0. The number of ether oxygens (including phenoxy) is 1. The molecule has 17 heavy (non-hydrogen) atoms. The molecule has 1 fully saturated rings. The van der Waals surface area contributed by atoms with Crippen LogP contribution in [0.4, 0.5) is 5.69 Å². The van der Waals surface area contributed by atoms with Crippen LogP contribution in [-0.2, 0) is 14.8 Å². The molecule has 0 spiro atoms. The lowest BCUT2D eigenvalue weighted by molar-refractivity contribution is -0.0639. The molecule has 5 nitrogen and oxygen atoms in total. The standard InChI is InChI=1S/C10H16N2O3S2/c1-10(2)7-12(3-4-15-10)17(13,14)9-5-8(11)6-16-9/h5-6H,3-4,7,11H2,1-2H3. The third-order valence-corrected chi connectivity index (χ3v) is 5.86. The summed E-state index contributed by atoms with van der Waals surface area (Å²) < 4.78 is 31.9. The summed E-state index contributed by atoms with van der Waals surface area (Å²) in [6, 6.07) is 1.50. The van der Waals surface area contributed by atoms with Crippen LogP contribution in [0.1, 0.15) is 13.8 Å². The molecule has 1 aromatic rings. The van der Waals surface area contributed by atoms with E-state index in [2.05, 4.69) is 0 Å². The number of hydrogen-bond donors (Lipinski definition) is 1. The van der Waals surface area contributed by atoms with Crippen LogP contribution in [0.3, 0.4) is 0 Å². The van der Waals surface area contributed by atoms with Crippen molar-refractivity contribution in [2.24, 2.45) is 0 Å². The van der Waals surface area contributed by atoms with Crippen molar-refractivity contribution >= 4 is 27.0 Å². The smallest absolute Gasteiger partial charge is 0.252 e. The lowest BCUT2D eigenvalue weighted by Crippen LogP contribution is -2.50. The second-order valence-electron chi connectivity index (χ2n) is 4.65. The van der Waals surface area contributed by atoms with E-state index in [4.69, 9.17) is 10.5 Å². The molecule has 0 aliphatic carbocycles. The number of hydrogen-bond acceptors (Lipinski definition) is 5. The Hall–Kier alpha value is -0.630. The third-order valence-electron chi connectivity index (χ3n) is 2.58. The van der Waals surface area contributed by atoms with E-state index >= 15 is 0 Å². The van der Waals surface area contributed by atoms with Crippen LogP contribution in [0.5, 0.6) is 0 Å². The summed E-state index contributed by atoms with van der Waals surface area (Å²) in [5, 5.41) is 1.64. The molecule has 7 heteroatoms. The molecule has 1 aromatic heterocycles. The molecule has 0 bridgehead atoms. The molecular weight excluding hydrogens is 260 g/mol. The van der Waals surface area contributed by atoms with Gasteiger partial charge in [0.15, 0.2) is 0 Å². The minimum Gasteiger partial charge on any atom is -0.398 e. The normalized spacial score (nSPS) is 21.5. The van der Waals surface area contributed by atoms with Gasteiger partial charge in [-0.05, 0) is 19.9 Å². The van der Waals surface area contributed by atoms with E-state index in [0.717, 1.165) is 11.3 Å². The largest absolute Gasteiger partial charge is 0.398 e. The Morgan fingerprint density at radius 2 is 2.24 bits per heavy atom. The molecule has 1 aliphatic heterocycles. The zero-order valence-electron chi connectivity index (χ0n) is 9.84. The van der Waals surface area contributed by atoms with E-state index in [9.17, 15) is 8.42 Å². The quantitative estimate of drug-likeness (QED) is 0.879. The zero-order valence-corrected chi connectivity index (χ0v) is 11.5. The number of nitrogen functional groups attached to an aromatic ring is 1. The minimum absolute atomic E-state index is 0.299. The summed E-state index contributed by atoms with van der Waals surface area (Å²) in [5.41, 5.74) is 5.61. The number of morpholine rings is 1. The summed E-state index contributed by atoms with van der Waals surface area (Å²) in [5.74, 6) is 0. The van der Waals surface area contributed by atoms with Gasteiger partial charge < -0.3 is 10.5 Å². The average molecular weight is 276 g/mol. The fourth-order valence-electron chi connectivity index (χ4n) is 1.77. The van der Waals surface area contributed by atoms with Gasteiger partial charge in [0.05, 0.1) is 12.2 Å². The van der Waals surface area contributed by atoms with E-state index in [1.807, 2.05) is 13.8 Å². The molecule has 1 saturated heterocycles. The Bertz CT molecular complexity index is 507. The molecule has 1 aliphatic rings. The van der Waals surface area contributed by atoms with E-state index < -0.39 is 15.6 Å². The van der Waals surface area contributed by atoms with Crippen molar-refractivity contribution in [3.05, 3.63) is 11.4 Å². The Balaban J connectivity index is 2.27. The highest BCUT2D eigenvalue weighted by atomic mass is 32.2. The van der Waals surface area contributed by atoms with Crippen molar-refractivity contribution in [1.82, 2.24) is 4.31 Å². The maximum absolute atomic E-state index is 12.3. The molecule has 0 saturated carbocycles. The minimum atomic E-state index is -3.42. The Morgan fingerprint density at radius 3 is 2.76 bits per heavy atom. The monoisotopic (exact) mass is 276 g/mol. The van der Waals surface area contributed by atoms with E-state index in [1.54, 1.807) is 5.38 Å². The lowest BCUT2D eigenvalue weighted by Gasteiger charge is -2.36. The van der Waals surface area contributed by atoms with Crippen molar-refractivity contribution < 1.29 is 13.2 Å². The molecule has 0 aromatic carbocycles. The summed E-state index contributed by atoms with van der Waals surface area (Å²) in [6.07, 6.45) is 0. The number of nitrogens with zero attached hydrogens (tertiary/aromatic N) is 1. The number of nitrogens with two attached hydrogens (primary N) is 1. The van der Waals surface area contributed by atoms with Gasteiger partial charge in [-0.2, -0.15) is 4.31 Å². The van der Waals surface area contributed by atoms with Gasteiger partial charge in [0.2, 0.25) is 0 Å². The van der Waals surface area contributed by atoms with Crippen LogP contribution in [-0.4, -0.2) is 38.0 Å². The van der Waals surface area contributed by atoms with Gasteiger partial charge in [0.1, 0.15) is 4.21 Å². The molecular formula is C10H16N2O3S2. The Labute approximate surface area is 105 Å². The van der Waals surface area contributed by atoms with Gasteiger partial charge in [0, 0.05) is 24.2 Å². The topological polar surface area (TPSA) is 72.6 Å². The third kappa shape index (κ3) is 2.62. The van der Waals surface area contributed by atoms with Crippen LogP contribution >= 0.6 is 11.3 Å². The van der Waals surface area contributed by atoms with Crippen molar-refractivity contribution in [3.63, 3.8) is 0 Å². The SMILES string of the molecule is CC1(C)CN(S(=O)(=O)c2cc(N)cs2)CCO1. The molecule has 2 heterocycles. The van der Waals surface area contributed by atoms with Gasteiger partial charge in [-0.3, -0.25) is 0 Å². The highest BCUT2D eigenvalue weighted by Gasteiger charge is 2.35. The number of sulfonamides is 1. The van der Waals surface area contributed by atoms with Gasteiger partial charge in [0.25, 0.3) is 10.0 Å². The Kier molecular flexibility index (Phi) is 3.19. The van der Waals surface area contributed by atoms with Gasteiger partial charge in [-0.25, -0.2) is 8.42 Å².